The van der Waals surface area contributed by atoms with Crippen molar-refractivity contribution in [2.24, 2.45) is 0 Å². The molecule has 0 radical (unpaired) electrons. The number of unbranched alkanes of at least 4 members (excludes halogenated alkanes) is 45. The summed E-state index contributed by atoms with van der Waals surface area (Å²) in [6.45, 7) is 9.02. The zero-order valence-corrected chi connectivity index (χ0v) is 44.0. The summed E-state index contributed by atoms with van der Waals surface area (Å²) in [6, 6.07) is 3.91. The molecule has 1 aromatic rings. The van der Waals surface area contributed by atoms with Gasteiger partial charge in [0.15, 0.2) is 11.5 Å². The minimum atomic E-state index is 0.693. The maximum atomic E-state index is 6.50. The van der Waals surface area contributed by atoms with Crippen molar-refractivity contribution < 1.29 is 14.2 Å². The summed E-state index contributed by atoms with van der Waals surface area (Å²) in [7, 11) is 0. The molecule has 0 aromatic heterocycles. The number of nitrogens with two attached hydrogens (primary N) is 1. The van der Waals surface area contributed by atoms with E-state index >= 15 is 0 Å². The van der Waals surface area contributed by atoms with Gasteiger partial charge in [-0.2, -0.15) is 0 Å². The minimum absolute atomic E-state index is 0.693. The molecule has 0 aliphatic rings. The van der Waals surface area contributed by atoms with Crippen LogP contribution in [-0.4, -0.2) is 19.8 Å². The second kappa shape index (κ2) is 50.8. The van der Waals surface area contributed by atoms with Gasteiger partial charge in [0, 0.05) is 17.8 Å². The summed E-state index contributed by atoms with van der Waals surface area (Å²) in [5.74, 6) is 2.29. The Kier molecular flexibility index (Phi) is 48.0. The quantitative estimate of drug-likeness (QED) is 0.0523. The van der Waals surface area contributed by atoms with Crippen LogP contribution in [0.4, 0.5) is 5.69 Å². The van der Waals surface area contributed by atoms with E-state index in [9.17, 15) is 0 Å². The minimum Gasteiger partial charge on any atom is -0.489 e. The Hall–Kier alpha value is -1.58. The van der Waals surface area contributed by atoms with E-state index in [0.717, 1.165) is 36.5 Å². The van der Waals surface area contributed by atoms with Crippen molar-refractivity contribution in [3.05, 3.63) is 12.1 Å². The third kappa shape index (κ3) is 41.8. The average molecular weight is 899 g/mol. The van der Waals surface area contributed by atoms with E-state index in [1.807, 2.05) is 12.1 Å². The Morgan fingerprint density at radius 1 is 0.250 bits per heavy atom. The molecule has 4 heteroatoms. The molecule has 2 N–H and O–H groups in total. The topological polar surface area (TPSA) is 53.7 Å². The second-order valence-corrected chi connectivity index (χ2v) is 20.3. The SMILES string of the molecule is CCCCCCCCCCCCCCCCCCOc1cc(N)cc(OCCCCCCCCCCCCCCCCCC)c1OCCCCCCCCCCCCCCCCCC. The van der Waals surface area contributed by atoms with Crippen molar-refractivity contribution in [1.82, 2.24) is 0 Å². The van der Waals surface area contributed by atoms with Gasteiger partial charge in [0.1, 0.15) is 0 Å². The van der Waals surface area contributed by atoms with Crippen molar-refractivity contribution in [1.29, 1.82) is 0 Å². The molecule has 0 saturated heterocycles. The third-order valence-corrected chi connectivity index (χ3v) is 13.8. The Balaban J connectivity index is 2.35. The van der Waals surface area contributed by atoms with Gasteiger partial charge in [-0.1, -0.05) is 310 Å². The molecule has 4 nitrogen and oxygen atoms in total. The Morgan fingerprint density at radius 3 is 0.625 bits per heavy atom. The van der Waals surface area contributed by atoms with Gasteiger partial charge in [-0.3, -0.25) is 0 Å². The van der Waals surface area contributed by atoms with Crippen LogP contribution in [0.1, 0.15) is 329 Å². The van der Waals surface area contributed by atoms with Crippen LogP contribution >= 0.6 is 0 Å². The first kappa shape index (κ1) is 60.4. The number of benzene rings is 1. The van der Waals surface area contributed by atoms with E-state index in [1.165, 1.54) is 289 Å². The summed E-state index contributed by atoms with van der Waals surface area (Å²) < 4.78 is 19.3. The summed E-state index contributed by atoms with van der Waals surface area (Å²) >= 11 is 0. The van der Waals surface area contributed by atoms with Crippen molar-refractivity contribution in [2.75, 3.05) is 25.6 Å². The Bertz CT molecular complexity index is 985. The van der Waals surface area contributed by atoms with Crippen LogP contribution < -0.4 is 19.9 Å². The Morgan fingerprint density at radius 2 is 0.422 bits per heavy atom. The van der Waals surface area contributed by atoms with Gasteiger partial charge >= 0.3 is 0 Å². The highest BCUT2D eigenvalue weighted by Crippen LogP contribution is 2.40. The van der Waals surface area contributed by atoms with Gasteiger partial charge < -0.3 is 19.9 Å². The van der Waals surface area contributed by atoms with Gasteiger partial charge in [0.05, 0.1) is 19.8 Å². The molecule has 64 heavy (non-hydrogen) atoms. The largest absolute Gasteiger partial charge is 0.489 e. The zero-order valence-electron chi connectivity index (χ0n) is 44.0. The van der Waals surface area contributed by atoms with Crippen molar-refractivity contribution in [2.45, 2.75) is 329 Å². The second-order valence-electron chi connectivity index (χ2n) is 20.3. The van der Waals surface area contributed by atoms with E-state index in [2.05, 4.69) is 20.8 Å². The van der Waals surface area contributed by atoms with Crippen LogP contribution in [0.25, 0.3) is 0 Å². The lowest BCUT2D eigenvalue weighted by atomic mass is 10.0. The summed E-state index contributed by atoms with van der Waals surface area (Å²) in [5, 5.41) is 0. The van der Waals surface area contributed by atoms with Crippen LogP contribution in [0.5, 0.6) is 17.2 Å². The number of anilines is 1. The van der Waals surface area contributed by atoms with Gasteiger partial charge in [0.25, 0.3) is 0 Å². The summed E-state index contributed by atoms with van der Waals surface area (Å²) in [5.41, 5.74) is 7.13. The number of nitrogen functional groups attached to an aromatic ring is 1. The Labute approximate surface area is 402 Å². The highest BCUT2D eigenvalue weighted by molar-refractivity contribution is 5.60. The molecule has 0 heterocycles. The predicted octanol–water partition coefficient (Wildman–Crippen LogP) is 21.2. The fourth-order valence-corrected chi connectivity index (χ4v) is 9.44. The molecule has 1 rings (SSSR count). The average Bonchev–Trinajstić information content (AvgIpc) is 3.30. The molecule has 0 spiro atoms. The molecule has 0 unspecified atom stereocenters. The van der Waals surface area contributed by atoms with Gasteiger partial charge in [-0.15, -0.1) is 0 Å². The zero-order chi connectivity index (χ0) is 45.9. The summed E-state index contributed by atoms with van der Waals surface area (Å²) in [4.78, 5) is 0. The van der Waals surface area contributed by atoms with Crippen LogP contribution in [0.3, 0.4) is 0 Å². The molecule has 378 valence electrons. The number of rotatable bonds is 54. The number of ether oxygens (including phenoxy) is 3. The molecule has 0 bridgehead atoms. The summed E-state index contributed by atoms with van der Waals surface area (Å²) in [6.07, 6.45) is 66.0. The van der Waals surface area contributed by atoms with Crippen LogP contribution in [0.2, 0.25) is 0 Å². The smallest absolute Gasteiger partial charge is 0.203 e. The van der Waals surface area contributed by atoms with Crippen molar-refractivity contribution >= 4 is 5.69 Å². The van der Waals surface area contributed by atoms with Crippen molar-refractivity contribution in [3.63, 3.8) is 0 Å². The van der Waals surface area contributed by atoms with Crippen molar-refractivity contribution in [3.8, 4) is 17.2 Å². The normalized spacial score (nSPS) is 11.5. The molecule has 0 saturated carbocycles. The first-order valence-electron chi connectivity index (χ1n) is 29.5. The van der Waals surface area contributed by atoms with Gasteiger partial charge in [-0.05, 0) is 19.3 Å². The fourth-order valence-electron chi connectivity index (χ4n) is 9.44. The van der Waals surface area contributed by atoms with Crippen LogP contribution in [-0.2, 0) is 0 Å². The lowest BCUT2D eigenvalue weighted by Gasteiger charge is -2.18. The van der Waals surface area contributed by atoms with Gasteiger partial charge in [0.2, 0.25) is 5.75 Å². The van der Waals surface area contributed by atoms with Crippen LogP contribution in [0.15, 0.2) is 12.1 Å². The third-order valence-electron chi connectivity index (χ3n) is 13.8. The van der Waals surface area contributed by atoms with E-state index in [4.69, 9.17) is 19.9 Å². The lowest BCUT2D eigenvalue weighted by molar-refractivity contribution is 0.234. The molecule has 0 atom stereocenters. The predicted molar refractivity (Wildman–Crippen MR) is 286 cm³/mol. The van der Waals surface area contributed by atoms with E-state index < -0.39 is 0 Å². The maximum absolute atomic E-state index is 6.50. The van der Waals surface area contributed by atoms with Crippen LogP contribution in [0, 0.1) is 0 Å². The van der Waals surface area contributed by atoms with E-state index in [1.54, 1.807) is 0 Å². The number of hydrogen-bond acceptors (Lipinski definition) is 4. The molecular weight excluding hydrogens is 783 g/mol. The molecule has 0 aliphatic carbocycles. The monoisotopic (exact) mass is 898 g/mol. The highest BCUT2D eigenvalue weighted by atomic mass is 16.5. The number of hydrogen-bond donors (Lipinski definition) is 1. The highest BCUT2D eigenvalue weighted by Gasteiger charge is 2.15. The molecular formula is C60H115NO3. The molecule has 1 aromatic carbocycles. The van der Waals surface area contributed by atoms with E-state index in [-0.39, 0.29) is 0 Å². The lowest BCUT2D eigenvalue weighted by Crippen LogP contribution is -2.07. The molecule has 0 fully saturated rings. The maximum Gasteiger partial charge on any atom is 0.203 e. The first-order valence-corrected chi connectivity index (χ1v) is 29.5. The molecule has 0 amide bonds. The molecule has 0 aliphatic heterocycles. The standard InChI is InChI=1S/C60H115NO3/c1-4-7-10-13-16-19-22-25-28-31-34-37-40-43-46-49-52-62-58-55-57(61)56-59(63-53-50-47-44-41-38-35-32-29-26-23-20-17-14-11-8-5-2)60(58)64-54-51-48-45-42-39-36-33-30-27-24-21-18-15-12-9-6-3/h55-56H,4-54,61H2,1-3H3. The van der Waals surface area contributed by atoms with Gasteiger partial charge in [-0.25, -0.2) is 0 Å². The fraction of sp³-hybridized carbons (Fsp3) is 0.900. The first-order chi connectivity index (χ1) is 31.7. The van der Waals surface area contributed by atoms with E-state index in [0.29, 0.717) is 25.5 Å².